The van der Waals surface area contributed by atoms with Gasteiger partial charge in [0, 0.05) is 7.05 Å². The second kappa shape index (κ2) is 4.47. The largest absolute Gasteiger partial charge is 0.269 e. The van der Waals surface area contributed by atoms with E-state index in [0.29, 0.717) is 16.3 Å². The monoisotopic (exact) mass is 275 g/mol. The molecule has 1 aliphatic rings. The first-order chi connectivity index (χ1) is 9.18. The van der Waals surface area contributed by atoms with Gasteiger partial charge in [-0.3, -0.25) is 14.5 Å². The number of imide groups is 1. The van der Waals surface area contributed by atoms with Crippen LogP contribution in [0.5, 0.6) is 0 Å². The molecule has 0 fully saturated rings. The topological polar surface area (TPSA) is 81.0 Å². The van der Waals surface area contributed by atoms with Gasteiger partial charge in [-0.15, -0.1) is 5.10 Å². The number of fused-ring (bicyclic) bond motifs is 1. The van der Waals surface area contributed by atoms with Crippen molar-refractivity contribution in [3.05, 3.63) is 35.4 Å². The predicted octanol–water partition coefficient (Wildman–Crippen LogP) is 0.556. The van der Waals surface area contributed by atoms with E-state index in [0.717, 1.165) is 0 Å². The Hall–Kier alpha value is -2.22. The molecule has 7 nitrogen and oxygen atoms in total. The van der Waals surface area contributed by atoms with Crippen LogP contribution in [0.15, 0.2) is 29.4 Å². The molecule has 0 atom stereocenters. The zero-order chi connectivity index (χ0) is 13.4. The molecule has 2 amide bonds. The first-order valence-electron chi connectivity index (χ1n) is 5.49. The number of rotatable bonds is 3. The lowest BCUT2D eigenvalue weighted by atomic mass is 10.1. The van der Waals surface area contributed by atoms with E-state index in [4.69, 9.17) is 0 Å². The summed E-state index contributed by atoms with van der Waals surface area (Å²) >= 11 is 1.24. The van der Waals surface area contributed by atoms with Crippen molar-refractivity contribution in [2.45, 2.75) is 5.16 Å². The van der Waals surface area contributed by atoms with Crippen molar-refractivity contribution in [3.8, 4) is 0 Å². The van der Waals surface area contributed by atoms with Crippen LogP contribution < -0.4 is 0 Å². The predicted molar refractivity (Wildman–Crippen MR) is 66.5 cm³/mol. The van der Waals surface area contributed by atoms with Crippen molar-refractivity contribution in [1.82, 2.24) is 25.1 Å². The maximum atomic E-state index is 12.1. The van der Waals surface area contributed by atoms with E-state index in [1.807, 2.05) is 0 Å². The minimum Gasteiger partial charge on any atom is -0.269 e. The van der Waals surface area contributed by atoms with Gasteiger partial charge in [0.15, 0.2) is 0 Å². The molecule has 1 aromatic heterocycles. The molecule has 19 heavy (non-hydrogen) atoms. The van der Waals surface area contributed by atoms with E-state index in [2.05, 4.69) is 15.5 Å². The minimum absolute atomic E-state index is 0.195. The van der Waals surface area contributed by atoms with Crippen LogP contribution in [0, 0.1) is 0 Å². The summed E-state index contributed by atoms with van der Waals surface area (Å²) in [4.78, 5) is 25.4. The van der Waals surface area contributed by atoms with Gasteiger partial charge in [0.05, 0.1) is 17.0 Å². The van der Waals surface area contributed by atoms with Crippen LogP contribution >= 0.6 is 11.8 Å². The Morgan fingerprint density at radius 1 is 1.16 bits per heavy atom. The summed E-state index contributed by atoms with van der Waals surface area (Å²) in [5.74, 6) is -0.355. The molecule has 0 N–H and O–H groups in total. The number of aromatic nitrogens is 4. The molecule has 96 valence electrons. The quantitative estimate of drug-likeness (QED) is 0.601. The van der Waals surface area contributed by atoms with Crippen LogP contribution in [0.25, 0.3) is 0 Å². The Morgan fingerprint density at radius 3 is 2.32 bits per heavy atom. The van der Waals surface area contributed by atoms with Crippen LogP contribution in [-0.2, 0) is 7.05 Å². The van der Waals surface area contributed by atoms with Gasteiger partial charge in [0.25, 0.3) is 11.8 Å². The van der Waals surface area contributed by atoms with Gasteiger partial charge in [-0.05, 0) is 22.6 Å². The fourth-order valence-corrected chi connectivity index (χ4v) is 2.62. The molecule has 1 aliphatic heterocycles. The molecule has 0 spiro atoms. The van der Waals surface area contributed by atoms with Crippen molar-refractivity contribution in [2.75, 3.05) is 5.88 Å². The lowest BCUT2D eigenvalue weighted by Gasteiger charge is -2.11. The smallest absolute Gasteiger partial charge is 0.262 e. The molecule has 0 radical (unpaired) electrons. The molecule has 1 aromatic carbocycles. The number of aryl methyl sites for hydroxylation is 1. The summed E-state index contributed by atoms with van der Waals surface area (Å²) in [5, 5.41) is 11.5. The number of tetrazole rings is 1. The average Bonchev–Trinajstić information content (AvgIpc) is 2.93. The first kappa shape index (κ1) is 11.8. The number of carbonyl (C=O) groups excluding carboxylic acids is 2. The first-order valence-corrected chi connectivity index (χ1v) is 6.47. The highest BCUT2D eigenvalue weighted by atomic mass is 32.2. The van der Waals surface area contributed by atoms with E-state index in [1.54, 1.807) is 31.3 Å². The Morgan fingerprint density at radius 2 is 1.79 bits per heavy atom. The molecule has 2 aromatic rings. The molecule has 0 unspecified atom stereocenters. The number of amides is 2. The summed E-state index contributed by atoms with van der Waals surface area (Å²) in [6.45, 7) is 0. The van der Waals surface area contributed by atoms with Crippen LogP contribution in [0.2, 0.25) is 0 Å². The Labute approximate surface area is 112 Å². The van der Waals surface area contributed by atoms with Gasteiger partial charge in [-0.25, -0.2) is 4.68 Å². The summed E-state index contributed by atoms with van der Waals surface area (Å²) in [6, 6.07) is 6.80. The Kier molecular flexibility index (Phi) is 2.79. The van der Waals surface area contributed by atoms with Gasteiger partial charge in [0.2, 0.25) is 5.16 Å². The second-order valence-electron chi connectivity index (χ2n) is 3.94. The van der Waals surface area contributed by atoms with Gasteiger partial charge < -0.3 is 0 Å². The fourth-order valence-electron chi connectivity index (χ4n) is 1.82. The van der Waals surface area contributed by atoms with Crippen molar-refractivity contribution >= 4 is 23.6 Å². The molecule has 0 saturated carbocycles. The van der Waals surface area contributed by atoms with Crippen LogP contribution in [0.1, 0.15) is 20.7 Å². The maximum Gasteiger partial charge on any atom is 0.262 e. The highest BCUT2D eigenvalue weighted by Crippen LogP contribution is 2.25. The maximum absolute atomic E-state index is 12.1. The third-order valence-corrected chi connectivity index (χ3v) is 3.77. The minimum atomic E-state index is -0.275. The zero-order valence-corrected chi connectivity index (χ0v) is 10.8. The van der Waals surface area contributed by atoms with Gasteiger partial charge >= 0.3 is 0 Å². The van der Waals surface area contributed by atoms with Crippen LogP contribution in [-0.4, -0.2) is 42.8 Å². The molecular formula is C11H9N5O2S. The number of nitrogens with zero attached hydrogens (tertiary/aromatic N) is 5. The molecule has 3 rings (SSSR count). The normalized spacial score (nSPS) is 14.1. The lowest BCUT2D eigenvalue weighted by molar-refractivity contribution is 0.0684. The van der Waals surface area contributed by atoms with Crippen molar-refractivity contribution in [2.24, 2.45) is 7.05 Å². The number of benzene rings is 1. The number of hydrogen-bond donors (Lipinski definition) is 0. The lowest BCUT2D eigenvalue weighted by Crippen LogP contribution is -2.29. The highest BCUT2D eigenvalue weighted by Gasteiger charge is 2.35. The van der Waals surface area contributed by atoms with Gasteiger partial charge in [0.1, 0.15) is 0 Å². The van der Waals surface area contributed by atoms with Crippen molar-refractivity contribution < 1.29 is 9.59 Å². The van der Waals surface area contributed by atoms with Gasteiger partial charge in [-0.1, -0.05) is 23.9 Å². The summed E-state index contributed by atoms with van der Waals surface area (Å²) < 4.78 is 1.49. The zero-order valence-electron chi connectivity index (χ0n) is 9.98. The Balaban J connectivity index is 1.79. The number of hydrogen-bond acceptors (Lipinski definition) is 6. The highest BCUT2D eigenvalue weighted by molar-refractivity contribution is 7.99. The molecule has 0 bridgehead atoms. The van der Waals surface area contributed by atoms with E-state index in [-0.39, 0.29) is 17.7 Å². The molecule has 0 saturated heterocycles. The molecular weight excluding hydrogens is 266 g/mol. The van der Waals surface area contributed by atoms with Crippen LogP contribution in [0.4, 0.5) is 0 Å². The standard InChI is InChI=1S/C11H9N5O2S/c1-15-11(12-13-14-15)19-6-16-9(17)7-4-2-3-5-8(7)10(16)18/h2-5H,6H2,1H3. The average molecular weight is 275 g/mol. The summed E-state index contributed by atoms with van der Waals surface area (Å²) in [5.41, 5.74) is 0.897. The molecule has 8 heteroatoms. The third kappa shape index (κ3) is 1.89. The van der Waals surface area contributed by atoms with E-state index in [9.17, 15) is 9.59 Å². The summed E-state index contributed by atoms with van der Waals surface area (Å²) in [7, 11) is 1.70. The summed E-state index contributed by atoms with van der Waals surface area (Å²) in [6.07, 6.45) is 0. The number of carbonyl (C=O) groups is 2. The Bertz CT molecular complexity index is 634. The third-order valence-electron chi connectivity index (χ3n) is 2.78. The van der Waals surface area contributed by atoms with Gasteiger partial charge in [-0.2, -0.15) is 0 Å². The second-order valence-corrected chi connectivity index (χ2v) is 4.85. The van der Waals surface area contributed by atoms with Crippen LogP contribution in [0.3, 0.4) is 0 Å². The van der Waals surface area contributed by atoms with Crippen molar-refractivity contribution in [1.29, 1.82) is 0 Å². The van der Waals surface area contributed by atoms with E-state index >= 15 is 0 Å². The van der Waals surface area contributed by atoms with Crippen molar-refractivity contribution in [3.63, 3.8) is 0 Å². The van der Waals surface area contributed by atoms with E-state index in [1.165, 1.54) is 21.3 Å². The molecule has 0 aliphatic carbocycles. The van der Waals surface area contributed by atoms with E-state index < -0.39 is 0 Å². The fraction of sp³-hybridized carbons (Fsp3) is 0.182. The SMILES string of the molecule is Cn1nnnc1SCN1C(=O)c2ccccc2C1=O. The number of thioether (sulfide) groups is 1. The molecule has 2 heterocycles.